The van der Waals surface area contributed by atoms with Crippen LogP contribution in [0.5, 0.6) is 11.5 Å². The number of fused-ring (bicyclic) bond motifs is 1. The highest BCUT2D eigenvalue weighted by molar-refractivity contribution is 6.05. The number of nitrogens with one attached hydrogen (secondary N) is 1. The number of hydrogen-bond acceptors (Lipinski definition) is 5. The van der Waals surface area contributed by atoms with Crippen LogP contribution in [0, 0.1) is 5.82 Å². The highest BCUT2D eigenvalue weighted by Gasteiger charge is 2.17. The molecule has 0 aliphatic carbocycles. The van der Waals surface area contributed by atoms with Crippen molar-refractivity contribution in [3.05, 3.63) is 42.0 Å². The van der Waals surface area contributed by atoms with Crippen LogP contribution >= 0.6 is 0 Å². The summed E-state index contributed by atoms with van der Waals surface area (Å²) in [5, 5.41) is 2.58. The number of carbonyl (C=O) groups is 1. The zero-order valence-electron chi connectivity index (χ0n) is 10.2. The van der Waals surface area contributed by atoms with Crippen LogP contribution in [0.1, 0.15) is 10.4 Å². The molecule has 0 radical (unpaired) electrons. The molecule has 2 aromatic rings. The zero-order chi connectivity index (χ0) is 14.1. The lowest BCUT2D eigenvalue weighted by atomic mass is 10.2. The lowest BCUT2D eigenvalue weighted by Gasteiger charge is -2.09. The van der Waals surface area contributed by atoms with Crippen LogP contribution in [0.4, 0.5) is 15.8 Å². The van der Waals surface area contributed by atoms with Crippen molar-refractivity contribution in [3.63, 3.8) is 0 Å². The molecule has 0 atom stereocenters. The molecule has 0 spiro atoms. The summed E-state index contributed by atoms with van der Waals surface area (Å²) in [6.45, 7) is 0.111. The van der Waals surface area contributed by atoms with Crippen molar-refractivity contribution in [1.29, 1.82) is 0 Å². The maximum atomic E-state index is 13.0. The number of benzene rings is 1. The van der Waals surface area contributed by atoms with Gasteiger partial charge in [-0.1, -0.05) is 0 Å². The van der Waals surface area contributed by atoms with E-state index in [0.717, 1.165) is 12.3 Å². The standard InChI is InChI=1S/C13H10FN3O3/c14-8-1-7(4-16-5-8)13(18)17-10-3-12-11(2-9(10)15)19-6-20-12/h1-5H,6,15H2,(H,17,18). The van der Waals surface area contributed by atoms with E-state index in [0.29, 0.717) is 22.9 Å². The minimum Gasteiger partial charge on any atom is -0.454 e. The average Bonchev–Trinajstić information content (AvgIpc) is 2.86. The zero-order valence-corrected chi connectivity index (χ0v) is 10.2. The van der Waals surface area contributed by atoms with Gasteiger partial charge in [0.2, 0.25) is 6.79 Å². The molecular formula is C13H10FN3O3. The van der Waals surface area contributed by atoms with Gasteiger partial charge in [-0.15, -0.1) is 0 Å². The molecule has 3 rings (SSSR count). The first-order valence-corrected chi connectivity index (χ1v) is 5.74. The SMILES string of the molecule is Nc1cc2c(cc1NC(=O)c1cncc(F)c1)OCO2. The fraction of sp³-hybridized carbons (Fsp3) is 0.0769. The van der Waals surface area contributed by atoms with Crippen molar-refractivity contribution in [1.82, 2.24) is 4.98 Å². The second kappa shape index (κ2) is 4.69. The third-order valence-corrected chi connectivity index (χ3v) is 2.76. The average molecular weight is 275 g/mol. The van der Waals surface area contributed by atoms with Gasteiger partial charge in [-0.25, -0.2) is 4.39 Å². The van der Waals surface area contributed by atoms with E-state index in [1.165, 1.54) is 6.20 Å². The van der Waals surface area contributed by atoms with E-state index < -0.39 is 11.7 Å². The molecule has 1 amide bonds. The summed E-state index contributed by atoms with van der Waals surface area (Å²) in [5.74, 6) is -0.0846. The Morgan fingerprint density at radius 2 is 2.00 bits per heavy atom. The quantitative estimate of drug-likeness (QED) is 0.816. The summed E-state index contributed by atoms with van der Waals surface area (Å²) in [4.78, 5) is 15.6. The highest BCUT2D eigenvalue weighted by atomic mass is 19.1. The third-order valence-electron chi connectivity index (χ3n) is 2.76. The van der Waals surface area contributed by atoms with Crippen LogP contribution in [0.3, 0.4) is 0 Å². The molecule has 7 heteroatoms. The number of carbonyl (C=O) groups excluding carboxylic acids is 1. The predicted octanol–water partition coefficient (Wildman–Crippen LogP) is 1.78. The van der Waals surface area contributed by atoms with Crippen LogP contribution < -0.4 is 20.5 Å². The Labute approximate surface area is 113 Å². The molecule has 0 unspecified atom stereocenters. The predicted molar refractivity (Wildman–Crippen MR) is 69.1 cm³/mol. The summed E-state index contributed by atoms with van der Waals surface area (Å²) in [5.41, 5.74) is 6.60. The lowest BCUT2D eigenvalue weighted by molar-refractivity contribution is 0.102. The molecule has 1 aromatic heterocycles. The Morgan fingerprint density at radius 3 is 2.75 bits per heavy atom. The van der Waals surface area contributed by atoms with E-state index >= 15 is 0 Å². The minimum absolute atomic E-state index is 0.0991. The van der Waals surface area contributed by atoms with Crippen molar-refractivity contribution >= 4 is 17.3 Å². The third kappa shape index (κ3) is 2.20. The number of aromatic nitrogens is 1. The number of nitrogens with two attached hydrogens (primary N) is 1. The minimum atomic E-state index is -0.587. The largest absolute Gasteiger partial charge is 0.454 e. The number of anilines is 2. The molecule has 1 aliphatic heterocycles. The molecule has 20 heavy (non-hydrogen) atoms. The van der Waals surface area contributed by atoms with Crippen molar-refractivity contribution in [2.75, 3.05) is 17.8 Å². The van der Waals surface area contributed by atoms with Gasteiger partial charge in [0.1, 0.15) is 5.82 Å². The number of ether oxygens (including phenoxy) is 2. The Hall–Kier alpha value is -2.83. The second-order valence-electron chi connectivity index (χ2n) is 4.14. The molecule has 1 aromatic carbocycles. The molecule has 102 valence electrons. The van der Waals surface area contributed by atoms with E-state index in [1.807, 2.05) is 0 Å². The number of nitrogen functional groups attached to an aromatic ring is 1. The molecule has 2 heterocycles. The number of rotatable bonds is 2. The van der Waals surface area contributed by atoms with Gasteiger partial charge in [-0.2, -0.15) is 0 Å². The second-order valence-corrected chi connectivity index (χ2v) is 4.14. The van der Waals surface area contributed by atoms with E-state index in [2.05, 4.69) is 10.3 Å². The van der Waals surface area contributed by atoms with Gasteiger partial charge in [-0.05, 0) is 6.07 Å². The Morgan fingerprint density at radius 1 is 1.25 bits per heavy atom. The van der Waals surface area contributed by atoms with Crippen molar-refractivity contribution in [2.45, 2.75) is 0 Å². The number of nitrogens with zero attached hydrogens (tertiary/aromatic N) is 1. The van der Waals surface area contributed by atoms with E-state index in [4.69, 9.17) is 15.2 Å². The molecule has 0 saturated carbocycles. The maximum Gasteiger partial charge on any atom is 0.257 e. The molecule has 6 nitrogen and oxygen atoms in total. The number of halogens is 1. The van der Waals surface area contributed by atoms with Gasteiger partial charge in [0.25, 0.3) is 5.91 Å². The van der Waals surface area contributed by atoms with Crippen LogP contribution in [-0.4, -0.2) is 17.7 Å². The van der Waals surface area contributed by atoms with Crippen molar-refractivity contribution in [3.8, 4) is 11.5 Å². The molecule has 0 bridgehead atoms. The van der Waals surface area contributed by atoms with E-state index in [9.17, 15) is 9.18 Å². The van der Waals surface area contributed by atoms with Gasteiger partial charge in [-0.3, -0.25) is 9.78 Å². The highest BCUT2D eigenvalue weighted by Crippen LogP contribution is 2.38. The van der Waals surface area contributed by atoms with Gasteiger partial charge in [0, 0.05) is 18.3 Å². The fourth-order valence-electron chi connectivity index (χ4n) is 1.80. The summed E-state index contributed by atoms with van der Waals surface area (Å²) in [7, 11) is 0. The fourth-order valence-corrected chi connectivity index (χ4v) is 1.80. The monoisotopic (exact) mass is 275 g/mol. The first kappa shape index (κ1) is 12.2. The topological polar surface area (TPSA) is 86.5 Å². The van der Waals surface area contributed by atoms with Gasteiger partial charge in [0.15, 0.2) is 11.5 Å². The normalized spacial score (nSPS) is 12.2. The molecule has 3 N–H and O–H groups in total. The van der Waals surface area contributed by atoms with Gasteiger partial charge < -0.3 is 20.5 Å². The lowest BCUT2D eigenvalue weighted by Crippen LogP contribution is -2.13. The van der Waals surface area contributed by atoms with Crippen molar-refractivity contribution < 1.29 is 18.7 Å². The Balaban J connectivity index is 1.86. The van der Waals surface area contributed by atoms with Crippen LogP contribution in [-0.2, 0) is 0 Å². The summed E-state index contributed by atoms with van der Waals surface area (Å²) in [6, 6.07) is 4.20. The summed E-state index contributed by atoms with van der Waals surface area (Å²) >= 11 is 0. The van der Waals surface area contributed by atoms with Crippen LogP contribution in [0.2, 0.25) is 0 Å². The Kier molecular flexibility index (Phi) is 2.86. The molecular weight excluding hydrogens is 265 g/mol. The maximum absolute atomic E-state index is 13.0. The summed E-state index contributed by atoms with van der Waals surface area (Å²) < 4.78 is 23.4. The molecule has 0 fully saturated rings. The number of pyridine rings is 1. The van der Waals surface area contributed by atoms with E-state index in [1.54, 1.807) is 12.1 Å². The van der Waals surface area contributed by atoms with Crippen molar-refractivity contribution in [2.24, 2.45) is 0 Å². The number of hydrogen-bond donors (Lipinski definition) is 2. The first-order chi connectivity index (χ1) is 9.63. The van der Waals surface area contributed by atoms with Crippen LogP contribution in [0.25, 0.3) is 0 Å². The summed E-state index contributed by atoms with van der Waals surface area (Å²) in [6.07, 6.45) is 2.29. The van der Waals surface area contributed by atoms with Gasteiger partial charge in [0.05, 0.1) is 23.1 Å². The Bertz CT molecular complexity index is 691. The molecule has 1 aliphatic rings. The van der Waals surface area contributed by atoms with Gasteiger partial charge >= 0.3 is 0 Å². The van der Waals surface area contributed by atoms with Crippen LogP contribution in [0.15, 0.2) is 30.6 Å². The molecule has 0 saturated heterocycles. The number of amides is 1. The van der Waals surface area contributed by atoms with E-state index in [-0.39, 0.29) is 12.4 Å². The first-order valence-electron chi connectivity index (χ1n) is 5.74. The smallest absolute Gasteiger partial charge is 0.257 e.